The Kier molecular flexibility index (Phi) is 7.52. The summed E-state index contributed by atoms with van der Waals surface area (Å²) in [5.41, 5.74) is 2.56. The molecule has 0 spiro atoms. The lowest BCUT2D eigenvalue weighted by Crippen LogP contribution is -2.44. The van der Waals surface area contributed by atoms with Gasteiger partial charge >= 0.3 is 0 Å². The summed E-state index contributed by atoms with van der Waals surface area (Å²) in [5.74, 6) is 1.75. The number of para-hydroxylation sites is 1. The van der Waals surface area contributed by atoms with E-state index in [1.54, 1.807) is 26.0 Å². The Balaban J connectivity index is 1.58. The summed E-state index contributed by atoms with van der Waals surface area (Å²) in [5, 5.41) is 0.140. The van der Waals surface area contributed by atoms with Gasteiger partial charge in [0, 0.05) is 19.6 Å². The summed E-state index contributed by atoms with van der Waals surface area (Å²) in [6, 6.07) is 27.2. The molecule has 1 aliphatic rings. The van der Waals surface area contributed by atoms with Crippen LogP contribution in [0.1, 0.15) is 16.4 Å². The van der Waals surface area contributed by atoms with Crippen molar-refractivity contribution < 1.29 is 14.2 Å². The molecule has 0 amide bonds. The number of morpholine rings is 1. The van der Waals surface area contributed by atoms with Gasteiger partial charge in [0.25, 0.3) is 0 Å². The molecule has 2 atom stereocenters. The third kappa shape index (κ3) is 5.62. The SMILES string of the molecule is COc1ccc([C@@H](Sc2ccccc2OC)[C@H]2CN(Cc3ccccc3)CCO2)cc1. The van der Waals surface area contributed by atoms with E-state index in [0.717, 1.165) is 42.6 Å². The molecule has 4 nitrogen and oxygen atoms in total. The number of ether oxygens (including phenoxy) is 3. The molecule has 3 aromatic carbocycles. The van der Waals surface area contributed by atoms with Crippen molar-refractivity contribution in [2.45, 2.75) is 22.8 Å². The summed E-state index contributed by atoms with van der Waals surface area (Å²) in [4.78, 5) is 3.61. The van der Waals surface area contributed by atoms with Gasteiger partial charge in [0.1, 0.15) is 11.5 Å². The first kappa shape index (κ1) is 21.8. The van der Waals surface area contributed by atoms with Gasteiger partial charge in [-0.25, -0.2) is 0 Å². The Morgan fingerprint density at radius 2 is 1.68 bits per heavy atom. The maximum Gasteiger partial charge on any atom is 0.132 e. The van der Waals surface area contributed by atoms with E-state index in [9.17, 15) is 0 Å². The highest BCUT2D eigenvalue weighted by Crippen LogP contribution is 2.43. The van der Waals surface area contributed by atoms with Crippen LogP contribution in [0, 0.1) is 0 Å². The van der Waals surface area contributed by atoms with Crippen LogP contribution in [-0.2, 0) is 11.3 Å². The monoisotopic (exact) mass is 435 g/mol. The average Bonchev–Trinajstić information content (AvgIpc) is 2.84. The quantitative estimate of drug-likeness (QED) is 0.440. The molecule has 1 fully saturated rings. The fourth-order valence-corrected chi connectivity index (χ4v) is 5.21. The lowest BCUT2D eigenvalue weighted by molar-refractivity contribution is -0.0319. The van der Waals surface area contributed by atoms with Crippen molar-refractivity contribution in [2.75, 3.05) is 33.9 Å². The molecule has 1 aliphatic heterocycles. The molecule has 5 heteroatoms. The normalized spacial score (nSPS) is 17.8. The van der Waals surface area contributed by atoms with Gasteiger partial charge in [-0.3, -0.25) is 4.90 Å². The van der Waals surface area contributed by atoms with Crippen LogP contribution in [0.4, 0.5) is 0 Å². The molecule has 31 heavy (non-hydrogen) atoms. The molecular weight excluding hydrogens is 406 g/mol. The first-order chi connectivity index (χ1) is 15.3. The number of nitrogens with zero attached hydrogens (tertiary/aromatic N) is 1. The summed E-state index contributed by atoms with van der Waals surface area (Å²) >= 11 is 1.80. The van der Waals surface area contributed by atoms with Gasteiger partial charge in [0.2, 0.25) is 0 Å². The number of hydrogen-bond donors (Lipinski definition) is 0. The first-order valence-electron chi connectivity index (χ1n) is 10.6. The molecule has 4 rings (SSSR count). The summed E-state index contributed by atoms with van der Waals surface area (Å²) in [6.45, 7) is 3.50. The molecule has 0 aromatic heterocycles. The number of hydrogen-bond acceptors (Lipinski definition) is 5. The average molecular weight is 436 g/mol. The smallest absolute Gasteiger partial charge is 0.132 e. The molecule has 3 aromatic rings. The minimum Gasteiger partial charge on any atom is -0.497 e. The topological polar surface area (TPSA) is 30.9 Å². The zero-order chi connectivity index (χ0) is 21.5. The van der Waals surface area contributed by atoms with Crippen molar-refractivity contribution in [1.29, 1.82) is 0 Å². The fraction of sp³-hybridized carbons (Fsp3) is 0.308. The maximum atomic E-state index is 6.33. The lowest BCUT2D eigenvalue weighted by atomic mass is 10.0. The predicted molar refractivity (Wildman–Crippen MR) is 126 cm³/mol. The van der Waals surface area contributed by atoms with E-state index in [2.05, 4.69) is 59.5 Å². The molecule has 0 unspecified atom stereocenters. The Hall–Kier alpha value is -2.47. The highest BCUT2D eigenvalue weighted by Gasteiger charge is 2.31. The van der Waals surface area contributed by atoms with E-state index >= 15 is 0 Å². The van der Waals surface area contributed by atoms with Crippen molar-refractivity contribution in [2.24, 2.45) is 0 Å². The molecule has 0 N–H and O–H groups in total. The van der Waals surface area contributed by atoms with Crippen LogP contribution in [0.15, 0.2) is 83.8 Å². The largest absolute Gasteiger partial charge is 0.497 e. The number of benzene rings is 3. The van der Waals surface area contributed by atoms with E-state index in [1.165, 1.54) is 11.1 Å². The van der Waals surface area contributed by atoms with E-state index < -0.39 is 0 Å². The van der Waals surface area contributed by atoms with E-state index in [0.29, 0.717) is 0 Å². The van der Waals surface area contributed by atoms with Gasteiger partial charge in [-0.05, 0) is 35.4 Å². The van der Waals surface area contributed by atoms with E-state index in [4.69, 9.17) is 14.2 Å². The molecule has 0 bridgehead atoms. The van der Waals surface area contributed by atoms with Gasteiger partial charge in [-0.2, -0.15) is 0 Å². The van der Waals surface area contributed by atoms with Crippen molar-refractivity contribution >= 4 is 11.8 Å². The van der Waals surface area contributed by atoms with Gasteiger partial charge in [0.05, 0.1) is 37.1 Å². The molecule has 162 valence electrons. The second-order valence-corrected chi connectivity index (χ2v) is 8.78. The van der Waals surface area contributed by atoms with Crippen LogP contribution in [-0.4, -0.2) is 44.9 Å². The zero-order valence-corrected chi connectivity index (χ0v) is 18.9. The molecule has 1 heterocycles. The molecule has 0 saturated carbocycles. The summed E-state index contributed by atoms with van der Waals surface area (Å²) in [6.07, 6.45) is 0.0702. The minimum absolute atomic E-state index is 0.0702. The molecule has 0 aliphatic carbocycles. The van der Waals surface area contributed by atoms with Crippen LogP contribution >= 0.6 is 11.8 Å². The second kappa shape index (κ2) is 10.7. The molecule has 0 radical (unpaired) electrons. The van der Waals surface area contributed by atoms with E-state index in [-0.39, 0.29) is 11.4 Å². The summed E-state index contributed by atoms with van der Waals surface area (Å²) in [7, 11) is 3.42. The van der Waals surface area contributed by atoms with Crippen LogP contribution < -0.4 is 9.47 Å². The highest BCUT2D eigenvalue weighted by molar-refractivity contribution is 7.99. The van der Waals surface area contributed by atoms with Crippen LogP contribution in [0.3, 0.4) is 0 Å². The van der Waals surface area contributed by atoms with Gasteiger partial charge in [-0.1, -0.05) is 54.6 Å². The van der Waals surface area contributed by atoms with Crippen molar-refractivity contribution in [3.8, 4) is 11.5 Å². The van der Waals surface area contributed by atoms with E-state index in [1.807, 2.05) is 24.3 Å². The van der Waals surface area contributed by atoms with Crippen LogP contribution in [0.2, 0.25) is 0 Å². The van der Waals surface area contributed by atoms with Crippen molar-refractivity contribution in [3.63, 3.8) is 0 Å². The van der Waals surface area contributed by atoms with Crippen LogP contribution in [0.5, 0.6) is 11.5 Å². The lowest BCUT2D eigenvalue weighted by Gasteiger charge is -2.37. The highest BCUT2D eigenvalue weighted by atomic mass is 32.2. The van der Waals surface area contributed by atoms with Gasteiger partial charge < -0.3 is 14.2 Å². The Labute approximate surface area is 189 Å². The Morgan fingerprint density at radius 3 is 2.42 bits per heavy atom. The van der Waals surface area contributed by atoms with Gasteiger partial charge in [0.15, 0.2) is 0 Å². The fourth-order valence-electron chi connectivity index (χ4n) is 3.91. The van der Waals surface area contributed by atoms with Crippen molar-refractivity contribution in [3.05, 3.63) is 90.0 Å². The standard InChI is InChI=1S/C26H29NO3S/c1-28-22-14-12-21(13-15-22)26(31-25-11-7-6-10-23(25)29-2)24-19-27(16-17-30-24)18-20-8-4-3-5-9-20/h3-15,24,26H,16-19H2,1-2H3/t24-,26-/m1/s1. The second-order valence-electron chi connectivity index (χ2n) is 7.59. The summed E-state index contributed by atoms with van der Waals surface area (Å²) < 4.78 is 17.3. The van der Waals surface area contributed by atoms with Crippen molar-refractivity contribution in [1.82, 2.24) is 4.90 Å². The maximum absolute atomic E-state index is 6.33. The Morgan fingerprint density at radius 1 is 0.935 bits per heavy atom. The number of methoxy groups -OCH3 is 2. The minimum atomic E-state index is 0.0702. The van der Waals surface area contributed by atoms with Crippen LogP contribution in [0.25, 0.3) is 0 Å². The zero-order valence-electron chi connectivity index (χ0n) is 18.1. The third-order valence-electron chi connectivity index (χ3n) is 5.53. The number of rotatable bonds is 8. The number of thioether (sulfide) groups is 1. The van der Waals surface area contributed by atoms with Gasteiger partial charge in [-0.15, -0.1) is 11.8 Å². The predicted octanol–water partition coefficient (Wildman–Crippen LogP) is 5.44. The molecule has 1 saturated heterocycles. The first-order valence-corrected chi connectivity index (χ1v) is 11.5. The Bertz CT molecular complexity index is 948. The third-order valence-corrected chi connectivity index (χ3v) is 6.95. The molecular formula is C26H29NO3S.